The molecular formula is C9H18O. The average Bonchev–Trinajstić information content (AvgIpc) is 2.43. The molecule has 1 unspecified atom stereocenters. The Morgan fingerprint density at radius 3 is 2.50 bits per heavy atom. The van der Waals surface area contributed by atoms with Crippen molar-refractivity contribution in [2.45, 2.75) is 33.1 Å². The van der Waals surface area contributed by atoms with Crippen LogP contribution in [0.25, 0.3) is 0 Å². The summed E-state index contributed by atoms with van der Waals surface area (Å²) in [5, 5.41) is 0. The zero-order valence-corrected chi connectivity index (χ0v) is 7.10. The predicted molar refractivity (Wildman–Crippen MR) is 43.0 cm³/mol. The van der Waals surface area contributed by atoms with Gasteiger partial charge in [-0.2, -0.15) is 0 Å². The highest BCUT2D eigenvalue weighted by atomic mass is 16.5. The summed E-state index contributed by atoms with van der Waals surface area (Å²) >= 11 is 0. The van der Waals surface area contributed by atoms with Gasteiger partial charge in [-0.15, -0.1) is 0 Å². The Balaban J connectivity index is 2.29. The summed E-state index contributed by atoms with van der Waals surface area (Å²) in [6.07, 6.45) is 3.95. The maximum Gasteiger partial charge on any atom is 0.0497 e. The molecule has 0 N–H and O–H groups in total. The van der Waals surface area contributed by atoms with E-state index < -0.39 is 0 Å². The summed E-state index contributed by atoms with van der Waals surface area (Å²) in [5.41, 5.74) is 0. The Bertz CT molecular complexity index is 80.7. The molecule has 1 rings (SSSR count). The summed E-state index contributed by atoms with van der Waals surface area (Å²) < 4.78 is 5.34. The van der Waals surface area contributed by atoms with E-state index in [1.807, 2.05) is 0 Å². The molecule has 0 spiro atoms. The van der Waals surface area contributed by atoms with E-state index in [0.29, 0.717) is 0 Å². The smallest absolute Gasteiger partial charge is 0.0497 e. The first-order valence-electron chi connectivity index (χ1n) is 4.46. The zero-order valence-electron chi connectivity index (χ0n) is 7.10. The van der Waals surface area contributed by atoms with Crippen LogP contribution in [0, 0.1) is 11.8 Å². The molecule has 1 aliphatic heterocycles. The molecule has 0 saturated carbocycles. The normalized spacial score (nSPS) is 26.1. The van der Waals surface area contributed by atoms with Gasteiger partial charge < -0.3 is 4.74 Å². The van der Waals surface area contributed by atoms with Crippen LogP contribution in [-0.2, 0) is 4.74 Å². The monoisotopic (exact) mass is 142 g/mol. The fraction of sp³-hybridized carbons (Fsp3) is 1.00. The van der Waals surface area contributed by atoms with Crippen LogP contribution in [0.1, 0.15) is 33.1 Å². The van der Waals surface area contributed by atoms with Gasteiger partial charge in [0.15, 0.2) is 0 Å². The Labute approximate surface area is 63.8 Å². The largest absolute Gasteiger partial charge is 0.381 e. The molecule has 0 amide bonds. The highest BCUT2D eigenvalue weighted by molar-refractivity contribution is 4.71. The second-order valence-electron chi connectivity index (χ2n) is 3.20. The fourth-order valence-corrected chi connectivity index (χ4v) is 1.88. The first-order chi connectivity index (χ1) is 4.88. The maximum absolute atomic E-state index is 5.34. The van der Waals surface area contributed by atoms with Crippen molar-refractivity contribution in [3.05, 3.63) is 0 Å². The van der Waals surface area contributed by atoms with Gasteiger partial charge in [-0.1, -0.05) is 26.7 Å². The van der Waals surface area contributed by atoms with Gasteiger partial charge in [0.2, 0.25) is 0 Å². The SMILES string of the molecule is CCC(CC)C1CCOC1. The molecule has 1 aliphatic rings. The molecule has 10 heavy (non-hydrogen) atoms. The number of hydrogen-bond acceptors (Lipinski definition) is 1. The van der Waals surface area contributed by atoms with Crippen molar-refractivity contribution in [2.24, 2.45) is 11.8 Å². The van der Waals surface area contributed by atoms with Crippen LogP contribution in [0.5, 0.6) is 0 Å². The summed E-state index contributed by atoms with van der Waals surface area (Å²) in [5.74, 6) is 1.79. The predicted octanol–water partition coefficient (Wildman–Crippen LogP) is 2.46. The molecule has 0 aromatic heterocycles. The van der Waals surface area contributed by atoms with Crippen molar-refractivity contribution in [1.82, 2.24) is 0 Å². The van der Waals surface area contributed by atoms with E-state index in [0.717, 1.165) is 25.0 Å². The topological polar surface area (TPSA) is 9.23 Å². The summed E-state index contributed by atoms with van der Waals surface area (Å²) in [7, 11) is 0. The van der Waals surface area contributed by atoms with Gasteiger partial charge in [0.25, 0.3) is 0 Å². The molecule has 1 saturated heterocycles. The Morgan fingerprint density at radius 2 is 2.10 bits per heavy atom. The van der Waals surface area contributed by atoms with Gasteiger partial charge in [0, 0.05) is 13.2 Å². The molecule has 1 nitrogen and oxygen atoms in total. The van der Waals surface area contributed by atoms with Crippen LogP contribution < -0.4 is 0 Å². The fourth-order valence-electron chi connectivity index (χ4n) is 1.88. The Morgan fingerprint density at radius 1 is 1.40 bits per heavy atom. The minimum atomic E-state index is 0.870. The van der Waals surface area contributed by atoms with E-state index in [1.54, 1.807) is 0 Å². The van der Waals surface area contributed by atoms with Gasteiger partial charge in [0.05, 0.1) is 0 Å². The van der Waals surface area contributed by atoms with E-state index in [-0.39, 0.29) is 0 Å². The van der Waals surface area contributed by atoms with Crippen LogP contribution in [0.15, 0.2) is 0 Å². The quantitative estimate of drug-likeness (QED) is 0.588. The lowest BCUT2D eigenvalue weighted by atomic mass is 9.87. The third-order valence-electron chi connectivity index (χ3n) is 2.68. The molecular weight excluding hydrogens is 124 g/mol. The lowest BCUT2D eigenvalue weighted by Gasteiger charge is -2.17. The molecule has 0 aromatic rings. The van der Waals surface area contributed by atoms with Gasteiger partial charge in [-0.3, -0.25) is 0 Å². The van der Waals surface area contributed by atoms with Crippen molar-refractivity contribution in [3.8, 4) is 0 Å². The van der Waals surface area contributed by atoms with E-state index in [1.165, 1.54) is 19.3 Å². The average molecular weight is 142 g/mol. The highest BCUT2D eigenvalue weighted by Gasteiger charge is 2.22. The van der Waals surface area contributed by atoms with Crippen LogP contribution in [0.2, 0.25) is 0 Å². The Hall–Kier alpha value is -0.0400. The minimum absolute atomic E-state index is 0.870. The lowest BCUT2D eigenvalue weighted by molar-refractivity contribution is 0.169. The second-order valence-corrected chi connectivity index (χ2v) is 3.20. The van der Waals surface area contributed by atoms with Crippen LogP contribution >= 0.6 is 0 Å². The molecule has 0 aromatic carbocycles. The summed E-state index contributed by atoms with van der Waals surface area (Å²) in [4.78, 5) is 0. The van der Waals surface area contributed by atoms with Crippen LogP contribution in [0.3, 0.4) is 0 Å². The lowest BCUT2D eigenvalue weighted by Crippen LogP contribution is -2.12. The van der Waals surface area contributed by atoms with E-state index in [2.05, 4.69) is 13.8 Å². The molecule has 0 aliphatic carbocycles. The van der Waals surface area contributed by atoms with Gasteiger partial charge in [-0.05, 0) is 18.3 Å². The van der Waals surface area contributed by atoms with Crippen molar-refractivity contribution in [2.75, 3.05) is 13.2 Å². The zero-order chi connectivity index (χ0) is 7.40. The Kier molecular flexibility index (Phi) is 3.20. The van der Waals surface area contributed by atoms with Crippen LogP contribution in [-0.4, -0.2) is 13.2 Å². The summed E-state index contributed by atoms with van der Waals surface area (Å²) in [6.45, 7) is 6.59. The van der Waals surface area contributed by atoms with Crippen molar-refractivity contribution >= 4 is 0 Å². The van der Waals surface area contributed by atoms with E-state index in [4.69, 9.17) is 4.74 Å². The molecule has 1 fully saturated rings. The van der Waals surface area contributed by atoms with E-state index in [9.17, 15) is 0 Å². The third kappa shape index (κ3) is 1.72. The molecule has 1 heteroatoms. The van der Waals surface area contributed by atoms with Crippen molar-refractivity contribution in [1.29, 1.82) is 0 Å². The van der Waals surface area contributed by atoms with Crippen LogP contribution in [0.4, 0.5) is 0 Å². The molecule has 60 valence electrons. The number of ether oxygens (including phenoxy) is 1. The highest BCUT2D eigenvalue weighted by Crippen LogP contribution is 2.26. The van der Waals surface area contributed by atoms with Crippen molar-refractivity contribution < 1.29 is 4.74 Å². The number of hydrogen-bond donors (Lipinski definition) is 0. The minimum Gasteiger partial charge on any atom is -0.381 e. The molecule has 0 radical (unpaired) electrons. The number of rotatable bonds is 3. The van der Waals surface area contributed by atoms with Gasteiger partial charge >= 0.3 is 0 Å². The first kappa shape index (κ1) is 8.06. The second kappa shape index (κ2) is 3.97. The first-order valence-corrected chi connectivity index (χ1v) is 4.46. The standard InChI is InChI=1S/C9H18O/c1-3-8(4-2)9-5-6-10-7-9/h8-9H,3-7H2,1-2H3. The molecule has 1 atom stereocenters. The van der Waals surface area contributed by atoms with E-state index >= 15 is 0 Å². The van der Waals surface area contributed by atoms with Gasteiger partial charge in [-0.25, -0.2) is 0 Å². The molecule has 0 bridgehead atoms. The van der Waals surface area contributed by atoms with Gasteiger partial charge in [0.1, 0.15) is 0 Å². The van der Waals surface area contributed by atoms with Crippen molar-refractivity contribution in [3.63, 3.8) is 0 Å². The third-order valence-corrected chi connectivity index (χ3v) is 2.68. The maximum atomic E-state index is 5.34. The molecule has 1 heterocycles. The summed E-state index contributed by atoms with van der Waals surface area (Å²) in [6, 6.07) is 0.